The lowest BCUT2D eigenvalue weighted by atomic mass is 9.88. The molecule has 1 aliphatic heterocycles. The number of nitrogens with one attached hydrogen (secondary N) is 1. The number of anilines is 1. The van der Waals surface area contributed by atoms with E-state index in [1.165, 1.54) is 92.9 Å². The summed E-state index contributed by atoms with van der Waals surface area (Å²) in [5.41, 5.74) is 13.9. The molecule has 11 aromatic rings. The number of aliphatic imine (C=N–C) groups is 1. The third kappa shape index (κ3) is 3.88. The highest BCUT2D eigenvalue weighted by Crippen LogP contribution is 2.48. The summed E-state index contributed by atoms with van der Waals surface area (Å²) in [6, 6.07) is 60.5. The van der Waals surface area contributed by atoms with E-state index >= 15 is 0 Å². The largest absolute Gasteiger partial charge is 0.363 e. The van der Waals surface area contributed by atoms with E-state index in [2.05, 4.69) is 178 Å². The molecule has 3 aromatic heterocycles. The molecule has 4 heterocycles. The molecular weight excluding hydrogens is 669 g/mol. The van der Waals surface area contributed by atoms with E-state index in [0.29, 0.717) is 0 Å². The first kappa shape index (κ1) is 29.5. The van der Waals surface area contributed by atoms with Gasteiger partial charge in [-0.25, -0.2) is 4.99 Å². The highest BCUT2D eigenvalue weighted by Gasteiger charge is 2.34. The Labute approximate surface area is 316 Å². The molecule has 258 valence electrons. The predicted octanol–water partition coefficient (Wildman–Crippen LogP) is 12.5. The van der Waals surface area contributed by atoms with Crippen molar-refractivity contribution in [2.45, 2.75) is 24.9 Å². The van der Waals surface area contributed by atoms with Crippen molar-refractivity contribution >= 4 is 82.2 Å². The first-order valence-corrected chi connectivity index (χ1v) is 19.4. The normalized spacial score (nSPS) is 16.8. The van der Waals surface area contributed by atoms with Crippen molar-refractivity contribution in [3.05, 3.63) is 180 Å². The van der Waals surface area contributed by atoms with Crippen molar-refractivity contribution in [2.75, 3.05) is 5.32 Å². The SMILES string of the molecule is c1ccc2c(c1)CCC(C1N=C(n3c4ccccc4c4c5c6ccc7ccccc7c6n6c7ccccc7c(cc43)c56)c3ccccc3N1)c1ccccc1-2. The summed E-state index contributed by atoms with van der Waals surface area (Å²) in [7, 11) is 0. The molecule has 4 nitrogen and oxygen atoms in total. The molecule has 2 unspecified atom stereocenters. The zero-order valence-electron chi connectivity index (χ0n) is 30.0. The average molecular weight is 703 g/mol. The maximum Gasteiger partial charge on any atom is 0.144 e. The summed E-state index contributed by atoms with van der Waals surface area (Å²) >= 11 is 0. The zero-order chi connectivity index (χ0) is 35.8. The fourth-order valence-electron chi connectivity index (χ4n) is 10.4. The summed E-state index contributed by atoms with van der Waals surface area (Å²) in [6.07, 6.45) is 1.87. The minimum Gasteiger partial charge on any atom is -0.363 e. The van der Waals surface area contributed by atoms with Gasteiger partial charge in [-0.05, 0) is 70.8 Å². The Morgan fingerprint density at radius 1 is 0.509 bits per heavy atom. The number of hydrogen-bond acceptors (Lipinski definition) is 2. The van der Waals surface area contributed by atoms with Crippen LogP contribution in [-0.4, -0.2) is 21.0 Å². The maximum absolute atomic E-state index is 5.84. The third-order valence-corrected chi connectivity index (χ3v) is 12.7. The minimum absolute atomic E-state index is 0.149. The molecule has 8 aromatic carbocycles. The van der Waals surface area contributed by atoms with E-state index in [4.69, 9.17) is 4.99 Å². The summed E-state index contributed by atoms with van der Waals surface area (Å²) in [4.78, 5) is 5.84. The third-order valence-electron chi connectivity index (χ3n) is 12.7. The fraction of sp³-hybridized carbons (Fsp3) is 0.0784. The topological polar surface area (TPSA) is 33.7 Å². The Kier molecular flexibility index (Phi) is 5.82. The average Bonchev–Trinajstić information content (AvgIpc) is 3.84. The van der Waals surface area contributed by atoms with E-state index in [0.717, 1.165) is 29.9 Å². The molecular formula is C51H34N4. The Morgan fingerprint density at radius 2 is 1.22 bits per heavy atom. The van der Waals surface area contributed by atoms with Crippen molar-refractivity contribution in [1.82, 2.24) is 8.97 Å². The van der Waals surface area contributed by atoms with Crippen LogP contribution in [-0.2, 0) is 6.42 Å². The van der Waals surface area contributed by atoms with Crippen LogP contribution in [0.1, 0.15) is 29.0 Å². The number of aryl methyl sites for hydroxylation is 1. The van der Waals surface area contributed by atoms with Crippen molar-refractivity contribution in [2.24, 2.45) is 4.99 Å². The van der Waals surface area contributed by atoms with Crippen LogP contribution < -0.4 is 5.32 Å². The molecule has 0 spiro atoms. The Hall–Kier alpha value is -6.91. The van der Waals surface area contributed by atoms with Crippen molar-refractivity contribution < 1.29 is 0 Å². The second-order valence-electron chi connectivity index (χ2n) is 15.4. The van der Waals surface area contributed by atoms with Gasteiger partial charge in [0.15, 0.2) is 0 Å². The van der Waals surface area contributed by atoms with Crippen molar-refractivity contribution in [3.63, 3.8) is 0 Å². The molecule has 55 heavy (non-hydrogen) atoms. The van der Waals surface area contributed by atoms with Gasteiger partial charge < -0.3 is 9.72 Å². The Bertz CT molecular complexity index is 3430. The van der Waals surface area contributed by atoms with Gasteiger partial charge in [0.05, 0.1) is 27.6 Å². The van der Waals surface area contributed by atoms with E-state index in [1.54, 1.807) is 0 Å². The van der Waals surface area contributed by atoms with Crippen LogP contribution in [0.25, 0.3) is 81.8 Å². The molecule has 13 rings (SSSR count). The van der Waals surface area contributed by atoms with Gasteiger partial charge in [-0.15, -0.1) is 0 Å². The van der Waals surface area contributed by atoms with E-state index in [-0.39, 0.29) is 12.1 Å². The molecule has 0 bridgehead atoms. The molecule has 2 aliphatic rings. The molecule has 0 saturated carbocycles. The number of fused-ring (bicyclic) bond motifs is 16. The number of hydrogen-bond donors (Lipinski definition) is 1. The van der Waals surface area contributed by atoms with Gasteiger partial charge in [-0.2, -0.15) is 0 Å². The highest BCUT2D eigenvalue weighted by molar-refractivity contribution is 6.38. The summed E-state index contributed by atoms with van der Waals surface area (Å²) in [6.45, 7) is 0. The monoisotopic (exact) mass is 702 g/mol. The predicted molar refractivity (Wildman–Crippen MR) is 230 cm³/mol. The Balaban J connectivity index is 1.15. The van der Waals surface area contributed by atoms with Crippen molar-refractivity contribution in [3.8, 4) is 11.1 Å². The lowest BCUT2D eigenvalue weighted by molar-refractivity contribution is 0.542. The van der Waals surface area contributed by atoms with E-state index < -0.39 is 0 Å². The highest BCUT2D eigenvalue weighted by atomic mass is 15.2. The van der Waals surface area contributed by atoms with Crippen LogP contribution in [0.4, 0.5) is 5.69 Å². The van der Waals surface area contributed by atoms with Gasteiger partial charge in [0, 0.05) is 54.9 Å². The first-order valence-electron chi connectivity index (χ1n) is 19.4. The summed E-state index contributed by atoms with van der Waals surface area (Å²) in [5, 5.41) is 14.2. The zero-order valence-corrected chi connectivity index (χ0v) is 30.0. The van der Waals surface area contributed by atoms with Crippen LogP contribution in [0.2, 0.25) is 0 Å². The number of aromatic nitrogens is 2. The molecule has 0 saturated heterocycles. The van der Waals surface area contributed by atoms with E-state index in [9.17, 15) is 0 Å². The van der Waals surface area contributed by atoms with Crippen LogP contribution in [0.5, 0.6) is 0 Å². The molecule has 1 N–H and O–H groups in total. The van der Waals surface area contributed by atoms with Crippen LogP contribution >= 0.6 is 0 Å². The van der Waals surface area contributed by atoms with Crippen LogP contribution in [0, 0.1) is 0 Å². The first-order chi connectivity index (χ1) is 27.3. The number of rotatable bonds is 1. The summed E-state index contributed by atoms with van der Waals surface area (Å²) < 4.78 is 5.02. The number of para-hydroxylation sites is 3. The summed E-state index contributed by atoms with van der Waals surface area (Å²) in [5.74, 6) is 1.18. The molecule has 4 heteroatoms. The lowest BCUT2D eigenvalue weighted by Gasteiger charge is -2.32. The van der Waals surface area contributed by atoms with Crippen LogP contribution in [0.15, 0.2) is 169 Å². The van der Waals surface area contributed by atoms with Crippen molar-refractivity contribution in [1.29, 1.82) is 0 Å². The molecule has 0 amide bonds. The van der Waals surface area contributed by atoms with Crippen LogP contribution in [0.3, 0.4) is 0 Å². The Morgan fingerprint density at radius 3 is 2.13 bits per heavy atom. The van der Waals surface area contributed by atoms with Gasteiger partial charge in [0.2, 0.25) is 0 Å². The van der Waals surface area contributed by atoms with Gasteiger partial charge >= 0.3 is 0 Å². The van der Waals surface area contributed by atoms with Gasteiger partial charge in [-0.3, -0.25) is 4.57 Å². The maximum atomic E-state index is 5.84. The smallest absolute Gasteiger partial charge is 0.144 e. The van der Waals surface area contributed by atoms with Gasteiger partial charge in [0.25, 0.3) is 0 Å². The minimum atomic E-state index is -0.149. The quantitative estimate of drug-likeness (QED) is 0.182. The molecule has 0 radical (unpaired) electrons. The number of benzene rings is 8. The second-order valence-corrected chi connectivity index (χ2v) is 15.4. The fourth-order valence-corrected chi connectivity index (χ4v) is 10.4. The van der Waals surface area contributed by atoms with Gasteiger partial charge in [-0.1, -0.05) is 133 Å². The standard InChI is InChI=1S/C51H34N4/c1-3-15-32-30(13-1)25-27-37(35-18-6-5-17-34(32)35)50-52-42-22-10-7-20-38(42)51(53-50)54-44-24-12-9-21-39(44)46-45(54)29-41-36-19-8-11-23-43(36)55-48-33-16-4-2-14-31(33)26-28-40(48)47(46)49(41)55/h1-24,26,28-29,37,50,52H,25,27H2. The van der Waals surface area contributed by atoms with E-state index in [1.807, 2.05) is 0 Å². The molecule has 0 fully saturated rings. The molecule has 1 aliphatic carbocycles. The lowest BCUT2D eigenvalue weighted by Crippen LogP contribution is -2.34. The van der Waals surface area contributed by atoms with Gasteiger partial charge in [0.1, 0.15) is 12.0 Å². The number of nitrogens with zero attached hydrogens (tertiary/aromatic N) is 3. The second kappa shape index (κ2) is 10.8. The molecule has 2 atom stereocenters.